The van der Waals surface area contributed by atoms with Gasteiger partial charge in [0.25, 0.3) is 0 Å². The van der Waals surface area contributed by atoms with Crippen LogP contribution >= 0.6 is 0 Å². The molecule has 0 aromatic carbocycles. The average Bonchev–Trinajstić information content (AvgIpc) is 2.57. The van der Waals surface area contributed by atoms with Crippen molar-refractivity contribution in [2.75, 3.05) is 0 Å². The molecule has 0 aromatic heterocycles. The van der Waals surface area contributed by atoms with E-state index in [1.54, 1.807) is 11.8 Å². The van der Waals surface area contributed by atoms with Crippen molar-refractivity contribution >= 4 is 11.6 Å². The topological polar surface area (TPSA) is 32.7 Å². The molecule has 2 heterocycles. The van der Waals surface area contributed by atoms with Gasteiger partial charge in [-0.15, -0.1) is 0 Å². The lowest BCUT2D eigenvalue weighted by Gasteiger charge is -2.31. The minimum Gasteiger partial charge on any atom is -0.310 e. The molecule has 0 radical (unpaired) electrons. The van der Waals surface area contributed by atoms with Gasteiger partial charge < -0.3 is 4.90 Å². The summed E-state index contributed by atoms with van der Waals surface area (Å²) in [7, 11) is 0. The first kappa shape index (κ1) is 10.9. The second-order valence-corrected chi connectivity index (χ2v) is 4.25. The second kappa shape index (κ2) is 4.08. The van der Waals surface area contributed by atoms with Crippen molar-refractivity contribution in [2.24, 2.45) is 4.99 Å². The van der Waals surface area contributed by atoms with Crippen LogP contribution in [0, 0.1) is 0 Å². The number of amides is 1. The Kier molecular flexibility index (Phi) is 2.77. The molecule has 3 nitrogen and oxygen atoms in total. The van der Waals surface area contributed by atoms with E-state index in [0.29, 0.717) is 0 Å². The van der Waals surface area contributed by atoms with Crippen molar-refractivity contribution in [3.05, 3.63) is 36.1 Å². The van der Waals surface area contributed by atoms with Gasteiger partial charge in [-0.1, -0.05) is 12.2 Å². The lowest BCUT2D eigenvalue weighted by Crippen LogP contribution is -2.41. The van der Waals surface area contributed by atoms with Crippen molar-refractivity contribution in [1.82, 2.24) is 4.90 Å². The Hall–Kier alpha value is -1.64. The summed E-state index contributed by atoms with van der Waals surface area (Å²) >= 11 is 0. The third kappa shape index (κ3) is 1.85. The first-order valence-corrected chi connectivity index (χ1v) is 5.46. The van der Waals surface area contributed by atoms with Crippen LogP contribution in [0.4, 0.5) is 0 Å². The summed E-state index contributed by atoms with van der Waals surface area (Å²) in [6.07, 6.45) is 9.78. The minimum atomic E-state index is 0.0243. The SMILES string of the molecule is CC(=O)N1C=CC=C[C@@H]1C1N=C(C)C=C1C. The molecule has 0 spiro atoms. The van der Waals surface area contributed by atoms with E-state index in [-0.39, 0.29) is 18.0 Å². The largest absolute Gasteiger partial charge is 0.310 e. The molecule has 0 saturated heterocycles. The van der Waals surface area contributed by atoms with E-state index in [1.807, 2.05) is 31.4 Å². The number of rotatable bonds is 1. The van der Waals surface area contributed by atoms with Crippen molar-refractivity contribution in [2.45, 2.75) is 32.9 Å². The van der Waals surface area contributed by atoms with Gasteiger partial charge in [-0.25, -0.2) is 0 Å². The summed E-state index contributed by atoms with van der Waals surface area (Å²) in [5.41, 5.74) is 2.25. The summed E-state index contributed by atoms with van der Waals surface area (Å²) in [6.45, 7) is 5.64. The van der Waals surface area contributed by atoms with Crippen LogP contribution in [0.5, 0.6) is 0 Å². The third-order valence-corrected chi connectivity index (χ3v) is 2.92. The number of carbonyl (C=O) groups excluding carboxylic acids is 1. The summed E-state index contributed by atoms with van der Waals surface area (Å²) in [5, 5.41) is 0. The first-order chi connectivity index (χ1) is 7.59. The smallest absolute Gasteiger partial charge is 0.224 e. The molecular formula is C13H16N2O. The van der Waals surface area contributed by atoms with Gasteiger partial charge in [0.05, 0.1) is 12.1 Å². The summed E-state index contributed by atoms with van der Waals surface area (Å²) in [4.78, 5) is 17.8. The average molecular weight is 216 g/mol. The normalized spacial score (nSPS) is 28.1. The maximum atomic E-state index is 11.5. The van der Waals surface area contributed by atoms with Crippen molar-refractivity contribution in [3.63, 3.8) is 0 Å². The Morgan fingerprint density at radius 3 is 2.69 bits per heavy atom. The van der Waals surface area contributed by atoms with Gasteiger partial charge in [-0.3, -0.25) is 9.79 Å². The van der Waals surface area contributed by atoms with E-state index in [0.717, 1.165) is 5.71 Å². The van der Waals surface area contributed by atoms with Gasteiger partial charge in [0.15, 0.2) is 0 Å². The molecule has 1 unspecified atom stereocenters. The maximum Gasteiger partial charge on any atom is 0.224 e. The fraction of sp³-hybridized carbons (Fsp3) is 0.385. The quantitative estimate of drug-likeness (QED) is 0.660. The van der Waals surface area contributed by atoms with Gasteiger partial charge in [0.1, 0.15) is 0 Å². The van der Waals surface area contributed by atoms with Crippen LogP contribution < -0.4 is 0 Å². The van der Waals surface area contributed by atoms with Crippen molar-refractivity contribution in [1.29, 1.82) is 0 Å². The molecule has 3 heteroatoms. The lowest BCUT2D eigenvalue weighted by atomic mass is 9.99. The van der Waals surface area contributed by atoms with E-state index < -0.39 is 0 Å². The molecule has 0 fully saturated rings. The molecule has 0 aliphatic carbocycles. The predicted molar refractivity (Wildman–Crippen MR) is 65.2 cm³/mol. The van der Waals surface area contributed by atoms with E-state index in [2.05, 4.69) is 18.0 Å². The molecule has 0 saturated carbocycles. The highest BCUT2D eigenvalue weighted by Gasteiger charge is 2.30. The summed E-state index contributed by atoms with van der Waals surface area (Å²) in [5.74, 6) is 0.0538. The van der Waals surface area contributed by atoms with Gasteiger partial charge in [0, 0.05) is 18.8 Å². The standard InChI is InChI=1S/C13H16N2O/c1-9-8-10(2)14-13(9)12-6-4-5-7-15(12)11(3)16/h4-8,12-13H,1-3H3/t12-,13?/m1/s1. The van der Waals surface area contributed by atoms with Crippen molar-refractivity contribution < 1.29 is 4.79 Å². The first-order valence-electron chi connectivity index (χ1n) is 5.46. The van der Waals surface area contributed by atoms with Gasteiger partial charge >= 0.3 is 0 Å². The molecule has 1 amide bonds. The molecule has 16 heavy (non-hydrogen) atoms. The Morgan fingerprint density at radius 2 is 2.12 bits per heavy atom. The number of aliphatic imine (C=N–C) groups is 1. The van der Waals surface area contributed by atoms with E-state index in [1.165, 1.54) is 5.57 Å². The molecule has 2 atom stereocenters. The van der Waals surface area contributed by atoms with Gasteiger partial charge in [-0.2, -0.15) is 0 Å². The zero-order chi connectivity index (χ0) is 11.7. The van der Waals surface area contributed by atoms with Crippen LogP contribution in [-0.2, 0) is 4.79 Å². The monoisotopic (exact) mass is 216 g/mol. The fourth-order valence-electron chi connectivity index (χ4n) is 2.20. The minimum absolute atomic E-state index is 0.0243. The van der Waals surface area contributed by atoms with Crippen LogP contribution in [0.1, 0.15) is 20.8 Å². The molecule has 0 N–H and O–H groups in total. The number of carbonyl (C=O) groups is 1. The molecule has 2 rings (SSSR count). The molecule has 0 bridgehead atoms. The molecule has 2 aliphatic rings. The Morgan fingerprint density at radius 1 is 1.38 bits per heavy atom. The lowest BCUT2D eigenvalue weighted by molar-refractivity contribution is -0.127. The molecule has 2 aliphatic heterocycles. The number of allylic oxidation sites excluding steroid dienone is 3. The van der Waals surface area contributed by atoms with Gasteiger partial charge in [0.2, 0.25) is 5.91 Å². The zero-order valence-corrected chi connectivity index (χ0v) is 9.84. The molecular weight excluding hydrogens is 200 g/mol. The maximum absolute atomic E-state index is 11.5. The Balaban J connectivity index is 2.27. The van der Waals surface area contributed by atoms with E-state index in [4.69, 9.17) is 0 Å². The third-order valence-electron chi connectivity index (χ3n) is 2.92. The highest BCUT2D eigenvalue weighted by molar-refractivity contribution is 5.96. The second-order valence-electron chi connectivity index (χ2n) is 4.25. The molecule has 0 aromatic rings. The number of nitrogens with zero attached hydrogens (tertiary/aromatic N) is 2. The Bertz CT molecular complexity index is 429. The van der Waals surface area contributed by atoms with E-state index >= 15 is 0 Å². The number of hydrogen-bond donors (Lipinski definition) is 0. The summed E-state index contributed by atoms with van der Waals surface area (Å²) in [6, 6.07) is 0.0984. The highest BCUT2D eigenvalue weighted by Crippen LogP contribution is 2.24. The van der Waals surface area contributed by atoms with Crippen LogP contribution in [0.2, 0.25) is 0 Å². The zero-order valence-electron chi connectivity index (χ0n) is 9.84. The summed E-state index contributed by atoms with van der Waals surface area (Å²) < 4.78 is 0. The fourth-order valence-corrected chi connectivity index (χ4v) is 2.20. The predicted octanol–water partition coefficient (Wildman–Crippen LogP) is 2.08. The van der Waals surface area contributed by atoms with Crippen molar-refractivity contribution in [3.8, 4) is 0 Å². The molecule has 84 valence electrons. The van der Waals surface area contributed by atoms with E-state index in [9.17, 15) is 4.79 Å². The Labute approximate surface area is 95.9 Å². The van der Waals surface area contributed by atoms with Gasteiger partial charge in [-0.05, 0) is 31.6 Å². The van der Waals surface area contributed by atoms with Crippen LogP contribution in [0.3, 0.4) is 0 Å². The number of hydrogen-bond acceptors (Lipinski definition) is 2. The highest BCUT2D eigenvalue weighted by atomic mass is 16.2. The van der Waals surface area contributed by atoms with Crippen LogP contribution in [-0.4, -0.2) is 28.6 Å². The van der Waals surface area contributed by atoms with Crippen LogP contribution in [0.15, 0.2) is 41.1 Å². The van der Waals surface area contributed by atoms with Crippen LogP contribution in [0.25, 0.3) is 0 Å².